The van der Waals surface area contributed by atoms with Gasteiger partial charge in [0.15, 0.2) is 9.90 Å². The van der Waals surface area contributed by atoms with Crippen molar-refractivity contribution in [2.45, 2.75) is 0 Å². The Kier molecular flexibility index (Phi) is 4.53. The quantitative estimate of drug-likeness (QED) is 0.428. The number of rotatable bonds is 3. The first-order valence-electron chi connectivity index (χ1n) is 9.03. The zero-order chi connectivity index (χ0) is 20.0. The van der Waals surface area contributed by atoms with Gasteiger partial charge in [-0.05, 0) is 42.5 Å². The molecule has 0 radical (unpaired) electrons. The third-order valence-electron chi connectivity index (χ3n) is 4.75. The molecule has 1 aliphatic rings. The van der Waals surface area contributed by atoms with Gasteiger partial charge in [-0.1, -0.05) is 11.3 Å². The lowest BCUT2D eigenvalue weighted by Crippen LogP contribution is -2.36. The molecule has 2 aromatic heterocycles. The second-order valence-electron chi connectivity index (χ2n) is 6.69. The Morgan fingerprint density at radius 3 is 2.90 bits per heavy atom. The Morgan fingerprint density at radius 1 is 1.24 bits per heavy atom. The van der Waals surface area contributed by atoms with E-state index in [2.05, 4.69) is 25.2 Å². The summed E-state index contributed by atoms with van der Waals surface area (Å²) in [5.41, 5.74) is 2.60. The molecule has 0 spiro atoms. The van der Waals surface area contributed by atoms with Crippen molar-refractivity contribution in [2.75, 3.05) is 36.5 Å². The summed E-state index contributed by atoms with van der Waals surface area (Å²) in [6.07, 6.45) is 0. The van der Waals surface area contributed by atoms with E-state index in [0.29, 0.717) is 34.7 Å². The van der Waals surface area contributed by atoms with Gasteiger partial charge in [0.1, 0.15) is 5.82 Å². The molecule has 0 saturated carbocycles. The van der Waals surface area contributed by atoms with Gasteiger partial charge in [0.05, 0.1) is 40.0 Å². The van der Waals surface area contributed by atoms with Gasteiger partial charge in [-0.3, -0.25) is 4.79 Å². The lowest BCUT2D eigenvalue weighted by atomic mass is 10.1. The summed E-state index contributed by atoms with van der Waals surface area (Å²) in [5.74, 6) is -0.932. The second-order valence-corrected chi connectivity index (χ2v) is 8.10. The van der Waals surface area contributed by atoms with Crippen molar-refractivity contribution < 1.29 is 13.9 Å². The predicted molar refractivity (Wildman–Crippen MR) is 114 cm³/mol. The molecule has 0 aliphatic carbocycles. The van der Waals surface area contributed by atoms with Crippen LogP contribution in [0.15, 0.2) is 30.3 Å². The fourth-order valence-corrected chi connectivity index (χ4v) is 4.63. The number of amides is 1. The Balaban J connectivity index is 1.44. The van der Waals surface area contributed by atoms with Crippen molar-refractivity contribution in [2.24, 2.45) is 0 Å². The van der Waals surface area contributed by atoms with Gasteiger partial charge in [-0.15, -0.1) is 0 Å². The molecule has 0 bridgehead atoms. The summed E-state index contributed by atoms with van der Waals surface area (Å²) in [6.45, 7) is 3.02. The number of hydrogen-bond acceptors (Lipinski definition) is 6. The molecule has 29 heavy (non-hydrogen) atoms. The number of fused-ring (bicyclic) bond motifs is 2. The van der Waals surface area contributed by atoms with Crippen LogP contribution in [-0.2, 0) is 4.74 Å². The van der Waals surface area contributed by atoms with Crippen LogP contribution in [0.5, 0.6) is 0 Å². The van der Waals surface area contributed by atoms with E-state index in [0.717, 1.165) is 28.4 Å². The maximum Gasteiger partial charge on any atom is 0.257 e. The molecule has 0 atom stereocenters. The highest BCUT2D eigenvalue weighted by molar-refractivity contribution is 7.71. The molecule has 1 fully saturated rings. The minimum absolute atomic E-state index is 0.186. The molecular formula is C19H16FN5O2S2. The summed E-state index contributed by atoms with van der Waals surface area (Å²) in [7, 11) is 0. The van der Waals surface area contributed by atoms with Crippen LogP contribution in [0.2, 0.25) is 0 Å². The van der Waals surface area contributed by atoms with E-state index in [4.69, 9.17) is 17.0 Å². The largest absolute Gasteiger partial charge is 0.378 e. The zero-order valence-electron chi connectivity index (χ0n) is 15.1. The third kappa shape index (κ3) is 3.50. The maximum absolute atomic E-state index is 13.9. The minimum atomic E-state index is -0.513. The van der Waals surface area contributed by atoms with Gasteiger partial charge >= 0.3 is 0 Å². The number of anilines is 2. The lowest BCUT2D eigenvalue weighted by Gasteiger charge is -2.25. The lowest BCUT2D eigenvalue weighted by molar-refractivity contribution is 0.102. The standard InChI is InChI=1S/C19H16FN5O2S2/c20-10-7-12(16-14(8-10)22-18(28)24-16)17(26)21-11-1-2-13-15(9-11)29-19(23-13)25-3-5-27-6-4-25/h1-2,7-9H,3-6H2,(H,21,26)(H2,22,24,28). The number of halogens is 1. The van der Waals surface area contributed by atoms with Crippen molar-refractivity contribution >= 4 is 61.5 Å². The number of hydrogen-bond donors (Lipinski definition) is 3. The smallest absolute Gasteiger partial charge is 0.257 e. The van der Waals surface area contributed by atoms with Crippen molar-refractivity contribution in [1.82, 2.24) is 15.0 Å². The first-order chi connectivity index (χ1) is 14.1. The van der Waals surface area contributed by atoms with E-state index in [1.165, 1.54) is 12.1 Å². The normalized spacial score (nSPS) is 14.6. The number of morpholine rings is 1. The van der Waals surface area contributed by atoms with Crippen molar-refractivity contribution in [3.05, 3.63) is 46.5 Å². The number of thiazole rings is 1. The van der Waals surface area contributed by atoms with Gasteiger partial charge in [0.25, 0.3) is 5.91 Å². The Hall–Kier alpha value is -2.82. The fourth-order valence-electron chi connectivity index (χ4n) is 3.36. The van der Waals surface area contributed by atoms with Crippen molar-refractivity contribution in [3.8, 4) is 0 Å². The summed E-state index contributed by atoms with van der Waals surface area (Å²) >= 11 is 6.63. The van der Waals surface area contributed by atoms with E-state index in [1.807, 2.05) is 12.1 Å². The van der Waals surface area contributed by atoms with E-state index >= 15 is 0 Å². The van der Waals surface area contributed by atoms with Crippen LogP contribution in [0.1, 0.15) is 10.4 Å². The Morgan fingerprint density at radius 2 is 2.07 bits per heavy atom. The molecule has 1 aliphatic heterocycles. The zero-order valence-corrected chi connectivity index (χ0v) is 16.8. The molecule has 10 heteroatoms. The number of H-pyrrole nitrogens is 2. The van der Waals surface area contributed by atoms with Gasteiger partial charge in [-0.25, -0.2) is 9.37 Å². The molecule has 5 rings (SSSR count). The number of nitrogens with one attached hydrogen (secondary N) is 3. The average Bonchev–Trinajstić information content (AvgIpc) is 3.30. The number of aromatic amines is 2. The van der Waals surface area contributed by atoms with E-state index in [1.54, 1.807) is 17.4 Å². The van der Waals surface area contributed by atoms with Gasteiger partial charge in [0, 0.05) is 18.8 Å². The Labute approximate surface area is 173 Å². The molecule has 0 unspecified atom stereocenters. The highest BCUT2D eigenvalue weighted by Crippen LogP contribution is 2.31. The number of aromatic nitrogens is 3. The van der Waals surface area contributed by atoms with Crippen LogP contribution in [0.4, 0.5) is 15.2 Å². The Bertz CT molecular complexity index is 1290. The first-order valence-corrected chi connectivity index (χ1v) is 10.3. The number of carbonyl (C=O) groups is 1. The SMILES string of the molecule is O=C(Nc1ccc2nc(N3CCOCC3)sc2c1)c1cc(F)cc2[nH]c(=S)[nH]c12. The van der Waals surface area contributed by atoms with Crippen LogP contribution in [0.25, 0.3) is 21.3 Å². The van der Waals surface area contributed by atoms with E-state index < -0.39 is 11.7 Å². The van der Waals surface area contributed by atoms with Crippen LogP contribution < -0.4 is 10.2 Å². The molecule has 1 amide bonds. The summed E-state index contributed by atoms with van der Waals surface area (Å²) in [4.78, 5) is 25.4. The van der Waals surface area contributed by atoms with Crippen molar-refractivity contribution in [3.63, 3.8) is 0 Å². The molecule has 3 heterocycles. The van der Waals surface area contributed by atoms with Crippen LogP contribution in [-0.4, -0.2) is 47.2 Å². The second kappa shape index (κ2) is 7.21. The molecule has 4 aromatic rings. The van der Waals surface area contributed by atoms with Crippen LogP contribution >= 0.6 is 23.6 Å². The molecule has 7 nitrogen and oxygen atoms in total. The van der Waals surface area contributed by atoms with Gasteiger partial charge in [0.2, 0.25) is 0 Å². The highest BCUT2D eigenvalue weighted by Gasteiger charge is 2.17. The number of ether oxygens (including phenoxy) is 1. The monoisotopic (exact) mass is 429 g/mol. The third-order valence-corrected chi connectivity index (χ3v) is 6.03. The van der Waals surface area contributed by atoms with Crippen LogP contribution in [0.3, 0.4) is 0 Å². The topological polar surface area (TPSA) is 86.0 Å². The summed E-state index contributed by atoms with van der Waals surface area (Å²) in [6, 6.07) is 8.04. The predicted octanol–water partition coefficient (Wildman–Crippen LogP) is 4.06. The number of benzene rings is 2. The summed E-state index contributed by atoms with van der Waals surface area (Å²) in [5, 5.41) is 3.78. The highest BCUT2D eigenvalue weighted by atomic mass is 32.1. The minimum Gasteiger partial charge on any atom is -0.378 e. The molecule has 1 saturated heterocycles. The summed E-state index contributed by atoms with van der Waals surface area (Å²) < 4.78 is 20.6. The van der Waals surface area contributed by atoms with Gasteiger partial charge in [-0.2, -0.15) is 0 Å². The van der Waals surface area contributed by atoms with Gasteiger partial charge < -0.3 is 24.9 Å². The van der Waals surface area contributed by atoms with Crippen LogP contribution in [0, 0.1) is 10.6 Å². The maximum atomic E-state index is 13.9. The molecule has 148 valence electrons. The molecule has 3 N–H and O–H groups in total. The van der Waals surface area contributed by atoms with Crippen molar-refractivity contribution in [1.29, 1.82) is 0 Å². The average molecular weight is 430 g/mol. The number of imidazole rings is 1. The van der Waals surface area contributed by atoms with E-state index in [9.17, 15) is 9.18 Å². The molecular weight excluding hydrogens is 413 g/mol. The van der Waals surface area contributed by atoms with E-state index in [-0.39, 0.29) is 5.56 Å². The fraction of sp³-hybridized carbons (Fsp3) is 0.211. The number of carbonyl (C=O) groups excluding carboxylic acids is 1. The number of nitrogens with zero attached hydrogens (tertiary/aromatic N) is 2. The first kappa shape index (κ1) is 18.2. The molecule has 2 aromatic carbocycles.